The van der Waals surface area contributed by atoms with E-state index in [9.17, 15) is 0 Å². The molecule has 12 aromatic rings. The van der Waals surface area contributed by atoms with Crippen LogP contribution in [-0.2, 0) is 0 Å². The van der Waals surface area contributed by atoms with E-state index in [0.717, 1.165) is 0 Å². The lowest BCUT2D eigenvalue weighted by atomic mass is 9.84. The quantitative estimate of drug-likeness (QED) is 0.141. The molecule has 0 radical (unpaired) electrons. The SMILES string of the molecule is CC(C)c1cc(N(c2cccc3ccccc23)c2cccc3ccccc23)c2ccc3c(C(C)C)cc(N(c4cccc5ccccc45)c4cccc5ccccc45)c4ccc1c2c34. The fourth-order valence-corrected chi connectivity index (χ4v) is 10.7. The Bertz CT molecular complexity index is 3340. The third kappa shape index (κ3) is 5.86. The van der Waals surface area contributed by atoms with Gasteiger partial charge in [0, 0.05) is 32.3 Å². The molecule has 2 heteroatoms. The second kappa shape index (κ2) is 15.0. The topological polar surface area (TPSA) is 6.48 Å². The summed E-state index contributed by atoms with van der Waals surface area (Å²) in [5.74, 6) is 0.550. The van der Waals surface area contributed by atoms with Gasteiger partial charge in [0.15, 0.2) is 0 Å². The Morgan fingerprint density at radius 2 is 0.516 bits per heavy atom. The highest BCUT2D eigenvalue weighted by molar-refractivity contribution is 6.30. The molecule has 0 fully saturated rings. The summed E-state index contributed by atoms with van der Waals surface area (Å²) in [6.07, 6.45) is 0. The highest BCUT2D eigenvalue weighted by Gasteiger charge is 2.28. The van der Waals surface area contributed by atoms with E-state index in [1.165, 1.54) is 121 Å². The van der Waals surface area contributed by atoms with Gasteiger partial charge in [-0.05, 0) is 102 Å². The summed E-state index contributed by atoms with van der Waals surface area (Å²) in [6.45, 7) is 9.40. The minimum atomic E-state index is 0.275. The highest BCUT2D eigenvalue weighted by Crippen LogP contribution is 2.53. The zero-order chi connectivity index (χ0) is 43.1. The summed E-state index contributed by atoms with van der Waals surface area (Å²) in [5.41, 5.74) is 9.74. The van der Waals surface area contributed by atoms with Crippen LogP contribution in [0.1, 0.15) is 50.7 Å². The summed E-state index contributed by atoms with van der Waals surface area (Å²) in [4.78, 5) is 5.12. The molecular weight excluding hydrogens is 773 g/mol. The first-order valence-electron chi connectivity index (χ1n) is 22.7. The van der Waals surface area contributed by atoms with E-state index in [0.29, 0.717) is 0 Å². The van der Waals surface area contributed by atoms with Crippen LogP contribution in [0.25, 0.3) is 75.4 Å². The van der Waals surface area contributed by atoms with Crippen molar-refractivity contribution in [3.8, 4) is 0 Å². The maximum atomic E-state index is 2.56. The van der Waals surface area contributed by atoms with Crippen molar-refractivity contribution < 1.29 is 0 Å². The van der Waals surface area contributed by atoms with E-state index >= 15 is 0 Å². The van der Waals surface area contributed by atoms with Gasteiger partial charge < -0.3 is 9.80 Å². The molecule has 0 aliphatic heterocycles. The molecule has 0 aliphatic carbocycles. The van der Waals surface area contributed by atoms with Gasteiger partial charge in [-0.15, -0.1) is 0 Å². The highest BCUT2D eigenvalue weighted by atomic mass is 15.2. The number of hydrogen-bond donors (Lipinski definition) is 0. The number of fused-ring (bicyclic) bond motifs is 4. The van der Waals surface area contributed by atoms with Crippen LogP contribution in [0.3, 0.4) is 0 Å². The Morgan fingerprint density at radius 1 is 0.250 bits per heavy atom. The maximum Gasteiger partial charge on any atom is 0.0544 e. The summed E-state index contributed by atoms with van der Waals surface area (Å²) in [7, 11) is 0. The Kier molecular flexibility index (Phi) is 8.91. The maximum absolute atomic E-state index is 2.56. The first-order chi connectivity index (χ1) is 31.4. The van der Waals surface area contributed by atoms with Crippen LogP contribution in [0.4, 0.5) is 34.1 Å². The predicted molar refractivity (Wildman–Crippen MR) is 278 cm³/mol. The van der Waals surface area contributed by atoms with Crippen LogP contribution < -0.4 is 9.80 Å². The van der Waals surface area contributed by atoms with Crippen molar-refractivity contribution in [1.29, 1.82) is 0 Å². The molecular formula is C62H48N2. The standard InChI is InChI=1S/C62H48N2/c1-39(2)53-37-59(63(55-29-13-21-41-17-5-9-25-45(41)55)56-30-14-22-42-18-6-10-26-46(42)56)51-36-34-50-54(40(3)4)38-60(52-35-33-49(53)61(51)62(50)52)64(57-31-15-23-43-19-7-11-27-47(43)57)58-32-16-24-44-20-8-12-28-48(44)58/h5-40H,1-4H3. The van der Waals surface area contributed by atoms with Crippen LogP contribution in [0.5, 0.6) is 0 Å². The number of nitrogens with zero attached hydrogens (tertiary/aromatic N) is 2. The largest absolute Gasteiger partial charge is 0.309 e. The molecule has 306 valence electrons. The molecule has 2 nitrogen and oxygen atoms in total. The Labute approximate surface area is 374 Å². The number of hydrogen-bond acceptors (Lipinski definition) is 2. The molecule has 0 saturated heterocycles. The Balaban J connectivity index is 1.24. The van der Waals surface area contributed by atoms with Gasteiger partial charge in [-0.3, -0.25) is 0 Å². The normalized spacial score (nSPS) is 12.0. The van der Waals surface area contributed by atoms with E-state index in [-0.39, 0.29) is 11.8 Å². The van der Waals surface area contributed by atoms with Crippen LogP contribution in [0.15, 0.2) is 206 Å². The molecule has 0 unspecified atom stereocenters. The van der Waals surface area contributed by atoms with Crippen LogP contribution in [0, 0.1) is 0 Å². The average molecular weight is 821 g/mol. The van der Waals surface area contributed by atoms with Crippen LogP contribution in [-0.4, -0.2) is 0 Å². The van der Waals surface area contributed by atoms with Crippen LogP contribution in [0.2, 0.25) is 0 Å². The van der Waals surface area contributed by atoms with Crippen molar-refractivity contribution in [2.24, 2.45) is 0 Å². The Hall–Kier alpha value is -7.68. The van der Waals surface area contributed by atoms with E-state index in [4.69, 9.17) is 0 Å². The van der Waals surface area contributed by atoms with Crippen molar-refractivity contribution >= 4 is 110 Å². The number of benzene rings is 12. The van der Waals surface area contributed by atoms with Gasteiger partial charge in [0.1, 0.15) is 0 Å². The smallest absolute Gasteiger partial charge is 0.0544 e. The van der Waals surface area contributed by atoms with Crippen molar-refractivity contribution in [2.45, 2.75) is 39.5 Å². The molecule has 0 amide bonds. The zero-order valence-electron chi connectivity index (χ0n) is 36.7. The molecule has 0 spiro atoms. The second-order valence-electron chi connectivity index (χ2n) is 18.0. The van der Waals surface area contributed by atoms with Gasteiger partial charge in [0.25, 0.3) is 0 Å². The van der Waals surface area contributed by atoms with Gasteiger partial charge in [-0.2, -0.15) is 0 Å². The summed E-state index contributed by atoms with van der Waals surface area (Å²) < 4.78 is 0. The Morgan fingerprint density at radius 3 is 0.812 bits per heavy atom. The van der Waals surface area contributed by atoms with Gasteiger partial charge in [-0.25, -0.2) is 0 Å². The fourth-order valence-electron chi connectivity index (χ4n) is 10.7. The lowest BCUT2D eigenvalue weighted by Gasteiger charge is -2.33. The van der Waals surface area contributed by atoms with Crippen molar-refractivity contribution in [2.75, 3.05) is 9.80 Å². The molecule has 0 saturated carbocycles. The van der Waals surface area contributed by atoms with Crippen molar-refractivity contribution in [3.63, 3.8) is 0 Å². The van der Waals surface area contributed by atoms with Gasteiger partial charge >= 0.3 is 0 Å². The van der Waals surface area contributed by atoms with E-state index in [1.54, 1.807) is 0 Å². The third-order valence-electron chi connectivity index (χ3n) is 13.7. The number of anilines is 6. The number of rotatable bonds is 8. The van der Waals surface area contributed by atoms with E-state index < -0.39 is 0 Å². The van der Waals surface area contributed by atoms with Crippen molar-refractivity contribution in [3.05, 3.63) is 217 Å². The van der Waals surface area contributed by atoms with Gasteiger partial charge in [0.05, 0.1) is 34.1 Å². The van der Waals surface area contributed by atoms with E-state index in [2.05, 4.69) is 244 Å². The zero-order valence-corrected chi connectivity index (χ0v) is 36.7. The molecule has 0 N–H and O–H groups in total. The van der Waals surface area contributed by atoms with Crippen molar-refractivity contribution in [1.82, 2.24) is 0 Å². The average Bonchev–Trinajstić information content (AvgIpc) is 3.34. The minimum absolute atomic E-state index is 0.275. The van der Waals surface area contributed by atoms with E-state index in [1.807, 2.05) is 0 Å². The molecule has 64 heavy (non-hydrogen) atoms. The first-order valence-corrected chi connectivity index (χ1v) is 22.7. The second-order valence-corrected chi connectivity index (χ2v) is 18.0. The predicted octanol–water partition coefficient (Wildman–Crippen LogP) is 18.4. The monoisotopic (exact) mass is 820 g/mol. The summed E-state index contributed by atoms with van der Waals surface area (Å²) in [5, 5.41) is 17.5. The summed E-state index contributed by atoms with van der Waals surface area (Å²) in [6, 6.07) is 77.0. The molecule has 0 heterocycles. The minimum Gasteiger partial charge on any atom is -0.309 e. The van der Waals surface area contributed by atoms with Gasteiger partial charge in [-0.1, -0.05) is 198 Å². The fraction of sp³-hybridized carbons (Fsp3) is 0.0968. The lowest BCUT2D eigenvalue weighted by molar-refractivity contribution is 0.875. The first kappa shape index (κ1) is 38.0. The molecule has 0 atom stereocenters. The van der Waals surface area contributed by atoms with Gasteiger partial charge in [0.2, 0.25) is 0 Å². The summed E-state index contributed by atoms with van der Waals surface area (Å²) >= 11 is 0. The molecule has 12 aromatic carbocycles. The third-order valence-corrected chi connectivity index (χ3v) is 13.7. The van der Waals surface area contributed by atoms with Crippen LogP contribution >= 0.6 is 0 Å². The molecule has 0 aromatic heterocycles. The molecule has 12 rings (SSSR count). The molecule has 0 aliphatic rings. The molecule has 0 bridgehead atoms. The lowest BCUT2D eigenvalue weighted by Crippen LogP contribution is -2.14.